The first-order valence-electron chi connectivity index (χ1n) is 7.71. The van der Waals surface area contributed by atoms with Gasteiger partial charge in [0.15, 0.2) is 0 Å². The maximum absolute atomic E-state index is 6.13. The number of nitrogen functional groups attached to an aromatic ring is 1. The summed E-state index contributed by atoms with van der Waals surface area (Å²) in [5.41, 5.74) is 12.2. The number of anilines is 1. The van der Waals surface area contributed by atoms with E-state index in [0.29, 0.717) is 0 Å². The predicted octanol–water partition coefficient (Wildman–Crippen LogP) is 6.42. The van der Waals surface area contributed by atoms with Crippen LogP contribution < -0.4 is 5.73 Å². The molecule has 3 rings (SSSR count). The standard InChI is InChI=1S/C22H18BrN/c1-16(18-8-5-9-21(23)15-18)10-11-20-14-19(12-13-22(20)24)17-6-3-2-4-7-17/h2-15H,1,24H2/b11-10-. The minimum Gasteiger partial charge on any atom is -0.398 e. The van der Waals surface area contributed by atoms with E-state index in [2.05, 4.69) is 46.8 Å². The Labute approximate surface area is 151 Å². The molecule has 0 aromatic heterocycles. The Balaban J connectivity index is 1.88. The highest BCUT2D eigenvalue weighted by Crippen LogP contribution is 2.26. The highest BCUT2D eigenvalue weighted by Gasteiger charge is 2.02. The number of halogens is 1. The van der Waals surface area contributed by atoms with Crippen molar-refractivity contribution in [3.63, 3.8) is 0 Å². The van der Waals surface area contributed by atoms with Crippen molar-refractivity contribution in [3.05, 3.63) is 101 Å². The van der Waals surface area contributed by atoms with Crippen LogP contribution in [-0.4, -0.2) is 0 Å². The Morgan fingerprint density at radius 2 is 1.67 bits per heavy atom. The molecule has 3 aromatic rings. The van der Waals surface area contributed by atoms with Gasteiger partial charge >= 0.3 is 0 Å². The Morgan fingerprint density at radius 1 is 0.875 bits per heavy atom. The predicted molar refractivity (Wildman–Crippen MR) is 109 cm³/mol. The summed E-state index contributed by atoms with van der Waals surface area (Å²) in [5, 5.41) is 0. The van der Waals surface area contributed by atoms with Crippen LogP contribution in [0, 0.1) is 0 Å². The van der Waals surface area contributed by atoms with Crippen LogP contribution in [0.3, 0.4) is 0 Å². The van der Waals surface area contributed by atoms with E-state index < -0.39 is 0 Å². The fourth-order valence-electron chi connectivity index (χ4n) is 2.50. The summed E-state index contributed by atoms with van der Waals surface area (Å²) in [7, 11) is 0. The van der Waals surface area contributed by atoms with Crippen LogP contribution in [0.4, 0.5) is 5.69 Å². The summed E-state index contributed by atoms with van der Waals surface area (Å²) >= 11 is 3.49. The third-order valence-electron chi connectivity index (χ3n) is 3.85. The van der Waals surface area contributed by atoms with Crippen molar-refractivity contribution in [1.82, 2.24) is 0 Å². The van der Waals surface area contributed by atoms with E-state index in [1.165, 1.54) is 5.56 Å². The molecule has 0 fully saturated rings. The summed E-state index contributed by atoms with van der Waals surface area (Å²) in [4.78, 5) is 0. The quantitative estimate of drug-likeness (QED) is 0.412. The normalized spacial score (nSPS) is 10.9. The maximum Gasteiger partial charge on any atom is 0.0388 e. The molecule has 0 bridgehead atoms. The van der Waals surface area contributed by atoms with Crippen LogP contribution in [0.25, 0.3) is 22.8 Å². The lowest BCUT2D eigenvalue weighted by molar-refractivity contribution is 1.58. The van der Waals surface area contributed by atoms with Gasteiger partial charge in [-0.25, -0.2) is 0 Å². The Kier molecular flexibility index (Phi) is 4.97. The number of nitrogens with two attached hydrogens (primary N) is 1. The Morgan fingerprint density at radius 3 is 2.42 bits per heavy atom. The van der Waals surface area contributed by atoms with Crippen LogP contribution in [-0.2, 0) is 0 Å². The van der Waals surface area contributed by atoms with Crippen LogP contribution in [0.2, 0.25) is 0 Å². The van der Waals surface area contributed by atoms with Gasteiger partial charge < -0.3 is 5.73 Å². The minimum atomic E-state index is 0.757. The van der Waals surface area contributed by atoms with Crippen LogP contribution in [0.5, 0.6) is 0 Å². The maximum atomic E-state index is 6.13. The van der Waals surface area contributed by atoms with E-state index in [1.54, 1.807) is 0 Å². The molecule has 0 aliphatic heterocycles. The molecule has 0 spiro atoms. The molecule has 0 aliphatic rings. The highest BCUT2D eigenvalue weighted by atomic mass is 79.9. The second-order valence-electron chi connectivity index (χ2n) is 5.58. The molecule has 0 saturated carbocycles. The Bertz CT molecular complexity index is 895. The van der Waals surface area contributed by atoms with Gasteiger partial charge in [0.2, 0.25) is 0 Å². The summed E-state index contributed by atoms with van der Waals surface area (Å²) < 4.78 is 1.04. The van der Waals surface area contributed by atoms with Gasteiger partial charge in [0.05, 0.1) is 0 Å². The van der Waals surface area contributed by atoms with Crippen LogP contribution >= 0.6 is 15.9 Å². The minimum absolute atomic E-state index is 0.757. The zero-order valence-electron chi connectivity index (χ0n) is 13.2. The number of rotatable bonds is 4. The van der Waals surface area contributed by atoms with E-state index in [0.717, 1.165) is 32.4 Å². The van der Waals surface area contributed by atoms with E-state index in [1.807, 2.05) is 60.7 Å². The molecule has 2 N–H and O–H groups in total. The first-order valence-corrected chi connectivity index (χ1v) is 8.50. The first-order chi connectivity index (χ1) is 11.6. The topological polar surface area (TPSA) is 26.0 Å². The van der Waals surface area contributed by atoms with E-state index in [9.17, 15) is 0 Å². The van der Waals surface area contributed by atoms with Gasteiger partial charge in [-0.3, -0.25) is 0 Å². The Hall–Kier alpha value is -2.58. The molecule has 24 heavy (non-hydrogen) atoms. The average molecular weight is 376 g/mol. The number of benzene rings is 3. The summed E-state index contributed by atoms with van der Waals surface area (Å²) in [5.74, 6) is 0. The van der Waals surface area contributed by atoms with Gasteiger partial charge in [-0.1, -0.05) is 83.2 Å². The molecule has 3 aromatic carbocycles. The van der Waals surface area contributed by atoms with Gasteiger partial charge in [0, 0.05) is 10.2 Å². The zero-order valence-corrected chi connectivity index (χ0v) is 14.8. The van der Waals surface area contributed by atoms with Crippen molar-refractivity contribution in [2.45, 2.75) is 0 Å². The third-order valence-corrected chi connectivity index (χ3v) is 4.35. The van der Waals surface area contributed by atoms with Crippen molar-refractivity contribution in [2.75, 3.05) is 5.73 Å². The molecule has 0 aliphatic carbocycles. The van der Waals surface area contributed by atoms with Crippen LogP contribution in [0.1, 0.15) is 11.1 Å². The number of hydrogen-bond acceptors (Lipinski definition) is 1. The fraction of sp³-hybridized carbons (Fsp3) is 0. The van der Waals surface area contributed by atoms with Gasteiger partial charge in [-0.2, -0.15) is 0 Å². The average Bonchev–Trinajstić information content (AvgIpc) is 2.61. The van der Waals surface area contributed by atoms with Crippen molar-refractivity contribution >= 4 is 33.3 Å². The largest absolute Gasteiger partial charge is 0.398 e. The lowest BCUT2D eigenvalue weighted by atomic mass is 10.0. The summed E-state index contributed by atoms with van der Waals surface area (Å²) in [6.45, 7) is 4.14. The fourth-order valence-corrected chi connectivity index (χ4v) is 2.90. The molecule has 1 nitrogen and oxygen atoms in total. The lowest BCUT2D eigenvalue weighted by Crippen LogP contribution is -1.90. The summed E-state index contributed by atoms with van der Waals surface area (Å²) in [6, 6.07) is 24.5. The lowest BCUT2D eigenvalue weighted by Gasteiger charge is -2.07. The second kappa shape index (κ2) is 7.33. The van der Waals surface area contributed by atoms with Crippen molar-refractivity contribution < 1.29 is 0 Å². The molecular formula is C22H18BrN. The molecule has 0 radical (unpaired) electrons. The SMILES string of the molecule is C=C(/C=C\c1cc(-c2ccccc2)ccc1N)c1cccc(Br)c1. The number of hydrogen-bond donors (Lipinski definition) is 1. The van der Waals surface area contributed by atoms with Gasteiger partial charge in [0.25, 0.3) is 0 Å². The van der Waals surface area contributed by atoms with Gasteiger partial charge in [-0.15, -0.1) is 0 Å². The molecule has 0 saturated heterocycles. The molecule has 118 valence electrons. The molecule has 0 amide bonds. The molecule has 0 heterocycles. The van der Waals surface area contributed by atoms with Crippen LogP contribution in [0.15, 0.2) is 89.9 Å². The molecular weight excluding hydrogens is 358 g/mol. The third kappa shape index (κ3) is 3.84. The zero-order chi connectivity index (χ0) is 16.9. The van der Waals surface area contributed by atoms with Crippen molar-refractivity contribution in [3.8, 4) is 11.1 Å². The second-order valence-corrected chi connectivity index (χ2v) is 6.49. The molecule has 2 heteroatoms. The van der Waals surface area contributed by atoms with Gasteiger partial charge in [0.1, 0.15) is 0 Å². The van der Waals surface area contributed by atoms with E-state index in [4.69, 9.17) is 5.73 Å². The van der Waals surface area contributed by atoms with E-state index >= 15 is 0 Å². The number of allylic oxidation sites excluding steroid dienone is 2. The van der Waals surface area contributed by atoms with E-state index in [-0.39, 0.29) is 0 Å². The summed E-state index contributed by atoms with van der Waals surface area (Å²) in [6.07, 6.45) is 4.02. The highest BCUT2D eigenvalue weighted by molar-refractivity contribution is 9.10. The monoisotopic (exact) mass is 375 g/mol. The van der Waals surface area contributed by atoms with Crippen molar-refractivity contribution in [1.29, 1.82) is 0 Å². The smallest absolute Gasteiger partial charge is 0.0388 e. The van der Waals surface area contributed by atoms with Crippen molar-refractivity contribution in [2.24, 2.45) is 0 Å². The van der Waals surface area contributed by atoms with Gasteiger partial charge in [-0.05, 0) is 52.1 Å². The molecule has 0 unspecified atom stereocenters. The first kappa shape index (κ1) is 16.3. The molecule has 0 atom stereocenters.